The van der Waals surface area contributed by atoms with Gasteiger partial charge in [-0.15, -0.1) is 0 Å². The zero-order valence-corrected chi connectivity index (χ0v) is 25.2. The van der Waals surface area contributed by atoms with E-state index >= 15 is 0 Å². The van der Waals surface area contributed by atoms with Gasteiger partial charge in [-0.25, -0.2) is 14.2 Å². The number of halogens is 1. The van der Waals surface area contributed by atoms with Gasteiger partial charge in [0.25, 0.3) is 0 Å². The van der Waals surface area contributed by atoms with Gasteiger partial charge in [0.1, 0.15) is 5.82 Å². The maximum absolute atomic E-state index is 13.6. The van der Waals surface area contributed by atoms with Crippen molar-refractivity contribution in [3.63, 3.8) is 0 Å². The van der Waals surface area contributed by atoms with Gasteiger partial charge in [-0.1, -0.05) is 55.3 Å². The molecule has 2 aromatic carbocycles. The van der Waals surface area contributed by atoms with Crippen LogP contribution in [-0.2, 0) is 25.4 Å². The second-order valence-corrected chi connectivity index (χ2v) is 11.7. The van der Waals surface area contributed by atoms with Gasteiger partial charge in [-0.2, -0.15) is 0 Å². The van der Waals surface area contributed by atoms with Crippen molar-refractivity contribution in [1.29, 1.82) is 0 Å². The molecule has 2 aromatic rings. The average molecular weight is 582 g/mol. The highest BCUT2D eigenvalue weighted by molar-refractivity contribution is 5.70. The molecule has 1 heterocycles. The van der Waals surface area contributed by atoms with E-state index in [1.54, 1.807) is 6.34 Å². The lowest BCUT2D eigenvalue weighted by molar-refractivity contribution is -0.143. The van der Waals surface area contributed by atoms with Gasteiger partial charge < -0.3 is 24.0 Å². The number of aliphatic imine (C=N–C) groups is 1. The first-order valence-electron chi connectivity index (χ1n) is 14.9. The number of nitrogens with zero attached hydrogens (tertiary/aromatic N) is 3. The molecule has 4 rings (SSSR count). The minimum absolute atomic E-state index is 0.0722. The number of carbonyl (C=O) groups excluding carboxylic acids is 2. The van der Waals surface area contributed by atoms with Gasteiger partial charge in [0.05, 0.1) is 33.0 Å². The second kappa shape index (κ2) is 14.6. The number of benzene rings is 2. The molecular weight excluding hydrogens is 537 g/mol. The van der Waals surface area contributed by atoms with Crippen LogP contribution in [-0.4, -0.2) is 74.9 Å². The molecule has 0 bridgehead atoms. The third kappa shape index (κ3) is 7.88. The fourth-order valence-corrected chi connectivity index (χ4v) is 6.69. The van der Waals surface area contributed by atoms with Crippen LogP contribution in [0.2, 0.25) is 0 Å². The zero-order chi connectivity index (χ0) is 30.1. The molecule has 0 N–H and O–H groups in total. The minimum atomic E-state index is -1.24. The van der Waals surface area contributed by atoms with E-state index in [0.717, 1.165) is 44.1 Å². The molecular formula is C33H44FN3O5. The van der Waals surface area contributed by atoms with Crippen molar-refractivity contribution in [2.24, 2.45) is 16.8 Å². The first-order valence-corrected chi connectivity index (χ1v) is 14.9. The van der Waals surface area contributed by atoms with Crippen LogP contribution < -0.4 is 0 Å². The van der Waals surface area contributed by atoms with Crippen molar-refractivity contribution < 1.29 is 28.2 Å². The van der Waals surface area contributed by atoms with Crippen molar-refractivity contribution >= 4 is 18.5 Å². The Balaban J connectivity index is 1.51. The number of hydrogen-bond donors (Lipinski definition) is 0. The lowest BCUT2D eigenvalue weighted by Gasteiger charge is -2.41. The largest absolute Gasteiger partial charge is 0.510 e. The van der Waals surface area contributed by atoms with E-state index < -0.39 is 11.9 Å². The van der Waals surface area contributed by atoms with Crippen LogP contribution in [0.4, 0.5) is 9.18 Å². The molecule has 1 fully saturated rings. The molecule has 0 saturated heterocycles. The molecule has 0 spiro atoms. The Hall–Kier alpha value is -3.46. The second-order valence-electron chi connectivity index (χ2n) is 11.7. The molecule has 228 valence electrons. The Morgan fingerprint density at radius 3 is 2.33 bits per heavy atom. The predicted octanol–water partition coefficient (Wildman–Crippen LogP) is 6.01. The molecule has 1 saturated carbocycles. The lowest BCUT2D eigenvalue weighted by atomic mass is 9.73. The Morgan fingerprint density at radius 2 is 1.71 bits per heavy atom. The summed E-state index contributed by atoms with van der Waals surface area (Å²) in [4.78, 5) is 33.8. The Bertz CT molecular complexity index is 1180. The van der Waals surface area contributed by atoms with Gasteiger partial charge in [-0.3, -0.25) is 4.79 Å². The van der Waals surface area contributed by atoms with Crippen LogP contribution in [0.3, 0.4) is 0 Å². The van der Waals surface area contributed by atoms with E-state index in [9.17, 15) is 14.0 Å². The Kier molecular flexibility index (Phi) is 11.0. The predicted molar refractivity (Wildman–Crippen MR) is 159 cm³/mol. The molecule has 9 heteroatoms. The molecule has 1 aliphatic carbocycles. The fraction of sp³-hybridized carbons (Fsp3) is 0.545. The van der Waals surface area contributed by atoms with Crippen molar-refractivity contribution in [2.75, 3.05) is 34.9 Å². The van der Waals surface area contributed by atoms with Crippen LogP contribution in [0, 0.1) is 17.7 Å². The molecule has 0 radical (unpaired) electrons. The van der Waals surface area contributed by atoms with Crippen LogP contribution in [0.5, 0.6) is 0 Å². The molecule has 2 aliphatic rings. The van der Waals surface area contributed by atoms with E-state index in [1.165, 1.54) is 31.9 Å². The SMILES string of the molecule is COC(=O)CCC1(OC(=O)OC)N=CN(CCc2ccccc2)C1CC1CCC(C(c2ccc(F)cc2)N(C)C)CC1. The third-order valence-corrected chi connectivity index (χ3v) is 8.85. The minimum Gasteiger partial charge on any atom is -0.469 e. The van der Waals surface area contributed by atoms with Crippen LogP contribution >= 0.6 is 0 Å². The summed E-state index contributed by atoms with van der Waals surface area (Å²) in [6.45, 7) is 0.700. The van der Waals surface area contributed by atoms with Gasteiger partial charge in [0.15, 0.2) is 0 Å². The molecule has 42 heavy (non-hydrogen) atoms. The number of hydrogen-bond acceptors (Lipinski definition) is 8. The Morgan fingerprint density at radius 1 is 1.02 bits per heavy atom. The molecule has 3 unspecified atom stereocenters. The summed E-state index contributed by atoms with van der Waals surface area (Å²) in [5, 5.41) is 0. The van der Waals surface area contributed by atoms with E-state index in [1.807, 2.05) is 30.3 Å². The van der Waals surface area contributed by atoms with Crippen molar-refractivity contribution in [3.8, 4) is 0 Å². The number of esters is 1. The van der Waals surface area contributed by atoms with Crippen molar-refractivity contribution in [3.05, 3.63) is 71.5 Å². The van der Waals surface area contributed by atoms with Gasteiger partial charge in [0, 0.05) is 19.0 Å². The summed E-state index contributed by atoms with van der Waals surface area (Å²) >= 11 is 0. The summed E-state index contributed by atoms with van der Waals surface area (Å²) in [6, 6.07) is 17.1. The number of rotatable bonds is 12. The van der Waals surface area contributed by atoms with Crippen LogP contribution in [0.1, 0.15) is 62.1 Å². The fourth-order valence-electron chi connectivity index (χ4n) is 6.69. The summed E-state index contributed by atoms with van der Waals surface area (Å²) in [6.07, 6.45) is 6.93. The van der Waals surface area contributed by atoms with Gasteiger partial charge in [0.2, 0.25) is 5.72 Å². The quantitative estimate of drug-likeness (QED) is 0.284. The van der Waals surface area contributed by atoms with E-state index in [4.69, 9.17) is 19.2 Å². The van der Waals surface area contributed by atoms with Crippen molar-refractivity contribution in [1.82, 2.24) is 9.80 Å². The highest BCUT2D eigenvalue weighted by Gasteiger charge is 2.50. The summed E-state index contributed by atoms with van der Waals surface area (Å²) < 4.78 is 29.3. The van der Waals surface area contributed by atoms with Gasteiger partial charge >= 0.3 is 12.1 Å². The molecule has 3 atom stereocenters. The first-order chi connectivity index (χ1) is 20.2. The number of ether oxygens (including phenoxy) is 3. The molecule has 0 aromatic heterocycles. The first kappa shape index (κ1) is 31.5. The summed E-state index contributed by atoms with van der Waals surface area (Å²) in [7, 11) is 6.80. The van der Waals surface area contributed by atoms with E-state index in [0.29, 0.717) is 18.4 Å². The summed E-state index contributed by atoms with van der Waals surface area (Å²) in [5.41, 5.74) is 1.10. The lowest BCUT2D eigenvalue weighted by Crippen LogP contribution is -2.50. The smallest absolute Gasteiger partial charge is 0.469 e. The standard InChI is InChI=1S/C33H44FN3O5/c1-36(2)31(27-14-16-28(34)17-15-27)26-12-10-25(11-13-26)22-29-33(42-32(39)41-4,20-18-30(38)40-3)35-23-37(29)21-19-24-8-6-5-7-9-24/h5-9,14-17,23,25-26,29,31H,10-13,18-22H2,1-4H3. The van der Waals surface area contributed by atoms with E-state index in [2.05, 4.69) is 36.0 Å². The molecule has 8 nitrogen and oxygen atoms in total. The number of carbonyl (C=O) groups is 2. The topological polar surface area (TPSA) is 80.7 Å². The van der Waals surface area contributed by atoms with Gasteiger partial charge in [-0.05, 0) is 74.9 Å². The normalized spacial score (nSPS) is 24.4. The van der Waals surface area contributed by atoms with Crippen LogP contribution in [0.25, 0.3) is 0 Å². The van der Waals surface area contributed by atoms with E-state index in [-0.39, 0.29) is 36.7 Å². The Labute approximate surface area is 248 Å². The maximum atomic E-state index is 13.6. The zero-order valence-electron chi connectivity index (χ0n) is 25.2. The monoisotopic (exact) mass is 581 g/mol. The van der Waals surface area contributed by atoms with Crippen molar-refractivity contribution in [2.45, 2.75) is 69.2 Å². The summed E-state index contributed by atoms with van der Waals surface area (Å²) in [5.74, 6) is 0.240. The van der Waals surface area contributed by atoms with Crippen LogP contribution in [0.15, 0.2) is 59.6 Å². The molecule has 1 aliphatic heterocycles. The highest BCUT2D eigenvalue weighted by atomic mass is 19.1. The highest BCUT2D eigenvalue weighted by Crippen LogP contribution is 2.44. The average Bonchev–Trinajstić information content (AvgIpc) is 3.33. The number of methoxy groups -OCH3 is 2. The molecule has 0 amide bonds. The third-order valence-electron chi connectivity index (χ3n) is 8.85. The maximum Gasteiger partial charge on any atom is 0.510 e.